The van der Waals surface area contributed by atoms with Crippen molar-refractivity contribution in [2.75, 3.05) is 0 Å². The Morgan fingerprint density at radius 1 is 1.00 bits per heavy atom. The summed E-state index contributed by atoms with van der Waals surface area (Å²) in [5.41, 5.74) is 5.48. The Labute approximate surface area is 183 Å². The van der Waals surface area contributed by atoms with Crippen molar-refractivity contribution >= 4 is 29.7 Å². The second-order valence-corrected chi connectivity index (χ2v) is 15.3. The van der Waals surface area contributed by atoms with Gasteiger partial charge in [-0.05, 0) is 42.0 Å². The molecule has 0 N–H and O–H groups in total. The zero-order chi connectivity index (χ0) is 22.3. The van der Waals surface area contributed by atoms with E-state index in [0.29, 0.717) is 10.7 Å². The molecule has 0 atom stereocenters. The number of nitrogens with zero attached hydrogens (tertiary/aromatic N) is 2. The zero-order valence-corrected chi connectivity index (χ0v) is 20.9. The van der Waals surface area contributed by atoms with E-state index in [1.54, 1.807) is 5.19 Å². The summed E-state index contributed by atoms with van der Waals surface area (Å²) < 4.78 is 2.20. The first kappa shape index (κ1) is 22.2. The maximum absolute atomic E-state index is 7.51. The van der Waals surface area contributed by atoms with Crippen molar-refractivity contribution in [2.45, 2.75) is 65.6 Å². The Balaban J connectivity index is 2.33. The minimum absolute atomic E-state index is 0.324. The summed E-state index contributed by atoms with van der Waals surface area (Å²) in [6.07, 6.45) is 2.17. The van der Waals surface area contributed by atoms with Crippen LogP contribution in [0.4, 0.5) is 5.69 Å². The van der Waals surface area contributed by atoms with Crippen molar-refractivity contribution in [3.63, 3.8) is 0 Å². The van der Waals surface area contributed by atoms with E-state index in [9.17, 15) is 0 Å². The molecular formula is C27H35N2Si+. The Bertz CT molecular complexity index is 1140. The van der Waals surface area contributed by atoms with Gasteiger partial charge in [0.05, 0.1) is 20.0 Å². The van der Waals surface area contributed by atoms with E-state index >= 15 is 0 Å². The van der Waals surface area contributed by atoms with Crippen LogP contribution in [-0.4, -0.2) is 8.07 Å². The van der Waals surface area contributed by atoms with E-state index in [0.717, 1.165) is 5.56 Å². The van der Waals surface area contributed by atoms with Crippen LogP contribution in [-0.2, 0) is 7.05 Å². The molecule has 3 rings (SSSR count). The van der Waals surface area contributed by atoms with Gasteiger partial charge in [-0.2, -0.15) is 0 Å². The number of aromatic nitrogens is 1. The van der Waals surface area contributed by atoms with Crippen LogP contribution in [0.3, 0.4) is 0 Å². The minimum atomic E-state index is -1.63. The zero-order valence-electron chi connectivity index (χ0n) is 19.9. The van der Waals surface area contributed by atoms with Crippen molar-refractivity contribution in [1.29, 1.82) is 0 Å². The summed E-state index contributed by atoms with van der Waals surface area (Å²) in [6, 6.07) is 16.0. The third-order valence-electron chi connectivity index (χ3n) is 7.37. The number of hydrogen-bond acceptors (Lipinski definition) is 0. The average molecular weight is 416 g/mol. The molecular weight excluding hydrogens is 380 g/mol. The molecule has 0 saturated heterocycles. The predicted molar refractivity (Wildman–Crippen MR) is 132 cm³/mol. The normalized spacial score (nSPS) is 12.2. The molecule has 3 aromatic rings. The van der Waals surface area contributed by atoms with E-state index in [1.165, 1.54) is 39.7 Å². The number of benzene rings is 2. The summed E-state index contributed by atoms with van der Waals surface area (Å²) in [6.45, 7) is 23.8. The van der Waals surface area contributed by atoms with Gasteiger partial charge in [0.25, 0.3) is 0 Å². The van der Waals surface area contributed by atoms with Crippen LogP contribution in [0, 0.1) is 20.4 Å². The molecule has 0 radical (unpaired) electrons. The lowest BCUT2D eigenvalue weighted by molar-refractivity contribution is -0.659. The monoisotopic (exact) mass is 415 g/mol. The highest BCUT2D eigenvalue weighted by Gasteiger charge is 2.42. The summed E-state index contributed by atoms with van der Waals surface area (Å²) in [5, 5.41) is 4.45. The number of fused-ring (bicyclic) bond motifs is 1. The number of rotatable bonds is 4. The summed E-state index contributed by atoms with van der Waals surface area (Å²) in [7, 11) is 0.476. The van der Waals surface area contributed by atoms with E-state index in [1.807, 2.05) is 12.1 Å². The lowest BCUT2D eigenvalue weighted by Gasteiger charge is -2.42. The average Bonchev–Trinajstić information content (AvgIpc) is 2.70. The first-order valence-corrected chi connectivity index (χ1v) is 13.4. The molecule has 2 nitrogen and oxygen atoms in total. The van der Waals surface area contributed by atoms with Crippen LogP contribution in [0.25, 0.3) is 26.9 Å². The highest BCUT2D eigenvalue weighted by Crippen LogP contribution is 2.42. The lowest BCUT2D eigenvalue weighted by atomic mass is 9.96. The highest BCUT2D eigenvalue weighted by molar-refractivity contribution is 6.94. The van der Waals surface area contributed by atoms with Crippen LogP contribution in [0.2, 0.25) is 17.1 Å². The smallest absolute Gasteiger partial charge is 0.219 e. The molecule has 30 heavy (non-hydrogen) atoms. The van der Waals surface area contributed by atoms with Gasteiger partial charge in [0.2, 0.25) is 5.69 Å². The molecule has 156 valence electrons. The van der Waals surface area contributed by atoms with Crippen LogP contribution >= 0.6 is 0 Å². The van der Waals surface area contributed by atoms with Gasteiger partial charge in [0, 0.05) is 11.6 Å². The van der Waals surface area contributed by atoms with Crippen LogP contribution in [0.1, 0.15) is 45.7 Å². The molecule has 0 fully saturated rings. The third-order valence-corrected chi connectivity index (χ3v) is 14.1. The fourth-order valence-electron chi connectivity index (χ4n) is 5.31. The minimum Gasteiger partial charge on any atom is -0.238 e. The van der Waals surface area contributed by atoms with Gasteiger partial charge in [-0.3, -0.25) is 0 Å². The molecule has 2 aromatic carbocycles. The van der Waals surface area contributed by atoms with Gasteiger partial charge < -0.3 is 0 Å². The Morgan fingerprint density at radius 3 is 2.23 bits per heavy atom. The van der Waals surface area contributed by atoms with Gasteiger partial charge in [0.15, 0.2) is 11.9 Å². The topological polar surface area (TPSA) is 8.24 Å². The maximum atomic E-state index is 7.51. The second-order valence-electron chi connectivity index (χ2n) is 9.66. The van der Waals surface area contributed by atoms with Crippen LogP contribution in [0.5, 0.6) is 0 Å². The quantitative estimate of drug-likeness (QED) is 0.246. The molecule has 0 unspecified atom stereocenters. The van der Waals surface area contributed by atoms with Gasteiger partial charge >= 0.3 is 0 Å². The summed E-state index contributed by atoms with van der Waals surface area (Å²) >= 11 is 0. The molecule has 0 bridgehead atoms. The fourth-order valence-corrected chi connectivity index (χ4v) is 10.4. The first-order chi connectivity index (χ1) is 14.1. The van der Waals surface area contributed by atoms with E-state index in [4.69, 9.17) is 6.57 Å². The highest BCUT2D eigenvalue weighted by atomic mass is 28.3. The van der Waals surface area contributed by atoms with Gasteiger partial charge in [-0.15, -0.1) is 0 Å². The molecule has 0 saturated carbocycles. The Hall–Kier alpha value is -2.44. The number of aryl methyl sites for hydroxylation is 2. The summed E-state index contributed by atoms with van der Waals surface area (Å²) in [5.74, 6) is 0. The number of hydrogen-bond donors (Lipinski definition) is 0. The Kier molecular flexibility index (Phi) is 5.93. The Morgan fingerprint density at radius 2 is 1.67 bits per heavy atom. The van der Waals surface area contributed by atoms with E-state index < -0.39 is 8.07 Å². The van der Waals surface area contributed by atoms with Gasteiger partial charge in [-0.25, -0.2) is 9.41 Å². The van der Waals surface area contributed by atoms with Crippen molar-refractivity contribution < 1.29 is 4.57 Å². The van der Waals surface area contributed by atoms with Gasteiger partial charge in [-0.1, -0.05) is 75.7 Å². The molecule has 0 amide bonds. The molecule has 1 heterocycles. The van der Waals surface area contributed by atoms with Crippen LogP contribution < -0.4 is 9.75 Å². The van der Waals surface area contributed by atoms with Crippen molar-refractivity contribution in [3.8, 4) is 11.3 Å². The molecule has 3 heteroatoms. The van der Waals surface area contributed by atoms with Gasteiger partial charge in [0.1, 0.15) is 7.05 Å². The standard InChI is InChI=1S/C27H35N2Si/c1-10-30(11-2,27(5,6)7)23-12-13-24-21(17-23)14-15-29(9)26(24)25-18-22(28-8)16-19(3)20(25)4/h12-18H,10-11H2,1-7,9H3/q+1. The molecule has 0 aliphatic rings. The largest absolute Gasteiger partial charge is 0.238 e. The fraction of sp³-hybridized carbons (Fsp3) is 0.407. The van der Waals surface area contributed by atoms with Crippen molar-refractivity contribution in [2.24, 2.45) is 7.05 Å². The summed E-state index contributed by atoms with van der Waals surface area (Å²) in [4.78, 5) is 3.71. The second kappa shape index (κ2) is 8.00. The predicted octanol–water partition coefficient (Wildman–Crippen LogP) is 6.99. The molecule has 0 spiro atoms. The van der Waals surface area contributed by atoms with E-state index in [2.05, 4.69) is 95.4 Å². The van der Waals surface area contributed by atoms with Crippen molar-refractivity contribution in [1.82, 2.24) is 0 Å². The van der Waals surface area contributed by atoms with E-state index in [-0.39, 0.29) is 0 Å². The van der Waals surface area contributed by atoms with Crippen LogP contribution in [0.15, 0.2) is 42.6 Å². The maximum Gasteiger partial charge on any atom is 0.219 e. The first-order valence-electron chi connectivity index (χ1n) is 11.0. The molecule has 0 aliphatic carbocycles. The SMILES string of the molecule is [C-]#[N+]c1cc(C)c(C)c(-c2c3ccc([Si](CC)(CC)C(C)(C)C)cc3cc[n+]2C)c1. The third kappa shape index (κ3) is 3.48. The molecule has 0 aliphatic heterocycles. The lowest BCUT2D eigenvalue weighted by Crippen LogP contribution is -2.53. The number of pyridine rings is 1. The van der Waals surface area contributed by atoms with Crippen molar-refractivity contribution in [3.05, 3.63) is 65.1 Å². The molecule has 1 aromatic heterocycles.